The van der Waals surface area contributed by atoms with Crippen molar-refractivity contribution in [2.45, 2.75) is 13.5 Å². The first-order chi connectivity index (χ1) is 15.1. The molecule has 0 radical (unpaired) electrons. The second-order valence-electron chi connectivity index (χ2n) is 6.75. The Bertz CT molecular complexity index is 1190. The lowest BCUT2D eigenvalue weighted by molar-refractivity contribution is -0.383. The molecule has 3 heterocycles. The molecule has 0 spiro atoms. The number of benzene rings is 1. The van der Waals surface area contributed by atoms with Gasteiger partial charge < -0.3 is 10.2 Å². The van der Waals surface area contributed by atoms with Crippen molar-refractivity contribution in [3.05, 3.63) is 101 Å². The van der Waals surface area contributed by atoms with Crippen LogP contribution in [0.15, 0.2) is 79.4 Å². The maximum absolute atomic E-state index is 12.1. The lowest BCUT2D eigenvalue weighted by Crippen LogP contribution is -2.21. The molecule has 0 fully saturated rings. The monoisotopic (exact) mass is 413 g/mol. The molecule has 0 aliphatic rings. The van der Waals surface area contributed by atoms with Crippen LogP contribution in [-0.2, 0) is 6.54 Å². The van der Waals surface area contributed by atoms with Gasteiger partial charge in [-0.15, -0.1) is 0 Å². The summed E-state index contributed by atoms with van der Waals surface area (Å²) in [6, 6.07) is 18.6. The fourth-order valence-electron chi connectivity index (χ4n) is 3.10. The SMILES string of the molecule is Cc1ccnc(Nc2ncnc(N(Cc3ccccc3)c3ccccn3)c2[N+](=O)[O-])c1. The molecule has 154 valence electrons. The molecule has 3 aromatic heterocycles. The highest BCUT2D eigenvalue weighted by Crippen LogP contribution is 2.37. The summed E-state index contributed by atoms with van der Waals surface area (Å²) in [7, 11) is 0. The molecule has 4 aromatic rings. The van der Waals surface area contributed by atoms with Gasteiger partial charge in [0.1, 0.15) is 18.0 Å². The molecule has 9 nitrogen and oxygen atoms in total. The number of anilines is 4. The molecule has 0 atom stereocenters. The molecule has 9 heteroatoms. The summed E-state index contributed by atoms with van der Waals surface area (Å²) in [4.78, 5) is 30.3. The van der Waals surface area contributed by atoms with E-state index in [0.29, 0.717) is 18.2 Å². The average Bonchev–Trinajstić information content (AvgIpc) is 2.78. The lowest BCUT2D eigenvalue weighted by atomic mass is 10.2. The Morgan fingerprint density at radius 3 is 2.48 bits per heavy atom. The first-order valence-electron chi connectivity index (χ1n) is 9.53. The van der Waals surface area contributed by atoms with Crippen LogP contribution in [-0.4, -0.2) is 24.9 Å². The zero-order valence-electron chi connectivity index (χ0n) is 16.7. The summed E-state index contributed by atoms with van der Waals surface area (Å²) in [5, 5.41) is 15.1. The van der Waals surface area contributed by atoms with Crippen LogP contribution < -0.4 is 10.2 Å². The highest BCUT2D eigenvalue weighted by molar-refractivity contribution is 5.76. The maximum atomic E-state index is 12.1. The van der Waals surface area contributed by atoms with E-state index < -0.39 is 4.92 Å². The van der Waals surface area contributed by atoms with Crippen molar-refractivity contribution in [1.82, 2.24) is 19.9 Å². The van der Waals surface area contributed by atoms with Crippen molar-refractivity contribution in [2.75, 3.05) is 10.2 Å². The van der Waals surface area contributed by atoms with Crippen molar-refractivity contribution in [2.24, 2.45) is 0 Å². The molecule has 0 unspecified atom stereocenters. The van der Waals surface area contributed by atoms with Crippen LogP contribution in [0.2, 0.25) is 0 Å². The molecule has 1 aromatic carbocycles. The van der Waals surface area contributed by atoms with E-state index >= 15 is 0 Å². The summed E-state index contributed by atoms with van der Waals surface area (Å²) in [6.45, 7) is 2.26. The van der Waals surface area contributed by atoms with Crippen LogP contribution in [0, 0.1) is 17.0 Å². The molecule has 4 rings (SSSR count). The number of nitrogens with one attached hydrogen (secondary N) is 1. The molecule has 0 saturated carbocycles. The standard InChI is InChI=1S/C22H19N7O2/c1-16-10-12-23-18(13-16)27-21-20(29(30)31)22(26-15-25-21)28(19-9-5-6-11-24-19)14-17-7-3-2-4-8-17/h2-13,15H,14H2,1H3,(H,23,25,26,27). The highest BCUT2D eigenvalue weighted by atomic mass is 16.6. The van der Waals surface area contributed by atoms with Gasteiger partial charge in [-0.3, -0.25) is 10.1 Å². The lowest BCUT2D eigenvalue weighted by Gasteiger charge is -2.23. The van der Waals surface area contributed by atoms with Crippen molar-refractivity contribution in [3.63, 3.8) is 0 Å². The van der Waals surface area contributed by atoms with E-state index in [4.69, 9.17) is 0 Å². The van der Waals surface area contributed by atoms with Crippen LogP contribution in [0.4, 0.5) is 29.0 Å². The Morgan fingerprint density at radius 2 is 1.77 bits per heavy atom. The van der Waals surface area contributed by atoms with Gasteiger partial charge in [0, 0.05) is 12.4 Å². The average molecular weight is 413 g/mol. The zero-order valence-corrected chi connectivity index (χ0v) is 16.7. The molecule has 0 saturated heterocycles. The van der Waals surface area contributed by atoms with Crippen molar-refractivity contribution >= 4 is 29.0 Å². The van der Waals surface area contributed by atoms with Crippen molar-refractivity contribution in [3.8, 4) is 0 Å². The van der Waals surface area contributed by atoms with E-state index in [2.05, 4.69) is 25.3 Å². The van der Waals surface area contributed by atoms with E-state index in [-0.39, 0.29) is 17.3 Å². The van der Waals surface area contributed by atoms with E-state index in [0.717, 1.165) is 11.1 Å². The molecule has 0 bridgehead atoms. The number of hydrogen-bond acceptors (Lipinski definition) is 8. The predicted octanol–water partition coefficient (Wildman–Crippen LogP) is 4.57. The summed E-state index contributed by atoms with van der Waals surface area (Å²) in [6.07, 6.45) is 4.55. The molecule has 0 aliphatic heterocycles. The number of aromatic nitrogens is 4. The second kappa shape index (κ2) is 8.95. The number of pyridine rings is 2. The van der Waals surface area contributed by atoms with Crippen LogP contribution in [0.3, 0.4) is 0 Å². The molecule has 0 amide bonds. The first-order valence-corrected chi connectivity index (χ1v) is 9.53. The Kier molecular flexibility index (Phi) is 5.75. The number of nitrogens with zero attached hydrogens (tertiary/aromatic N) is 6. The normalized spacial score (nSPS) is 10.5. The molecular weight excluding hydrogens is 394 g/mol. The van der Waals surface area contributed by atoms with Gasteiger partial charge in [0.05, 0.1) is 11.5 Å². The molecule has 0 aliphatic carbocycles. The fraction of sp³-hybridized carbons (Fsp3) is 0.0909. The third kappa shape index (κ3) is 4.61. The Labute approximate surface area is 178 Å². The second-order valence-corrected chi connectivity index (χ2v) is 6.75. The largest absolute Gasteiger partial charge is 0.354 e. The van der Waals surface area contributed by atoms with Crippen LogP contribution >= 0.6 is 0 Å². The van der Waals surface area contributed by atoms with Gasteiger partial charge in [-0.05, 0) is 42.3 Å². The Morgan fingerprint density at radius 1 is 0.968 bits per heavy atom. The Hall–Kier alpha value is -4.40. The van der Waals surface area contributed by atoms with Crippen molar-refractivity contribution in [1.29, 1.82) is 0 Å². The summed E-state index contributed by atoms with van der Waals surface area (Å²) < 4.78 is 0. The molecule has 1 N–H and O–H groups in total. The van der Waals surface area contributed by atoms with E-state index in [9.17, 15) is 10.1 Å². The molecule has 31 heavy (non-hydrogen) atoms. The summed E-state index contributed by atoms with van der Waals surface area (Å²) in [5.41, 5.74) is 1.66. The van der Waals surface area contributed by atoms with Gasteiger partial charge in [-0.2, -0.15) is 0 Å². The van der Waals surface area contributed by atoms with Gasteiger partial charge in [0.15, 0.2) is 0 Å². The third-order valence-corrected chi connectivity index (χ3v) is 4.51. The van der Waals surface area contributed by atoms with Gasteiger partial charge in [0.2, 0.25) is 11.6 Å². The summed E-state index contributed by atoms with van der Waals surface area (Å²) >= 11 is 0. The highest BCUT2D eigenvalue weighted by Gasteiger charge is 2.29. The zero-order chi connectivity index (χ0) is 21.6. The van der Waals surface area contributed by atoms with Crippen LogP contribution in [0.5, 0.6) is 0 Å². The van der Waals surface area contributed by atoms with Crippen molar-refractivity contribution < 1.29 is 4.92 Å². The van der Waals surface area contributed by atoms with Gasteiger partial charge in [0.25, 0.3) is 0 Å². The minimum atomic E-state index is -0.492. The van der Waals surface area contributed by atoms with Gasteiger partial charge in [-0.25, -0.2) is 19.9 Å². The topological polar surface area (TPSA) is 110 Å². The van der Waals surface area contributed by atoms with E-state index in [1.165, 1.54) is 6.33 Å². The minimum Gasteiger partial charge on any atom is -0.319 e. The summed E-state index contributed by atoms with van der Waals surface area (Å²) in [5.74, 6) is 1.19. The van der Waals surface area contributed by atoms with Crippen LogP contribution in [0.1, 0.15) is 11.1 Å². The van der Waals surface area contributed by atoms with Crippen LogP contribution in [0.25, 0.3) is 0 Å². The van der Waals surface area contributed by atoms with E-state index in [1.807, 2.05) is 49.4 Å². The van der Waals surface area contributed by atoms with E-state index in [1.54, 1.807) is 35.5 Å². The number of hydrogen-bond donors (Lipinski definition) is 1. The van der Waals surface area contributed by atoms with Gasteiger partial charge in [-0.1, -0.05) is 36.4 Å². The minimum absolute atomic E-state index is 0.0575. The number of nitro groups is 1. The molecular formula is C22H19N7O2. The predicted molar refractivity (Wildman–Crippen MR) is 117 cm³/mol. The number of rotatable bonds is 7. The third-order valence-electron chi connectivity index (χ3n) is 4.51. The maximum Gasteiger partial charge on any atom is 0.354 e. The van der Waals surface area contributed by atoms with Gasteiger partial charge >= 0.3 is 5.69 Å². The quantitative estimate of drug-likeness (QED) is 0.347. The smallest absolute Gasteiger partial charge is 0.319 e. The fourth-order valence-corrected chi connectivity index (χ4v) is 3.10. The number of aryl methyl sites for hydroxylation is 1. The first kappa shape index (κ1) is 19.9. The Balaban J connectivity index is 1.81.